The van der Waals surface area contributed by atoms with E-state index in [1.165, 1.54) is 0 Å². The molecule has 0 amide bonds. The lowest BCUT2D eigenvalue weighted by molar-refractivity contribution is -0.141. The molecule has 8 heteroatoms. The normalized spacial score (nSPS) is 12.9. The maximum Gasteiger partial charge on any atom is 0.417 e. The summed E-state index contributed by atoms with van der Waals surface area (Å²) in [5, 5.41) is -1.34. The monoisotopic (exact) mass is 340 g/mol. The lowest BCUT2D eigenvalue weighted by atomic mass is 10.0. The Morgan fingerprint density at radius 3 is 1.71 bits per heavy atom. The molecule has 0 saturated carbocycles. The number of rotatable bonds is 1. The van der Waals surface area contributed by atoms with Gasteiger partial charge in [0, 0.05) is 5.33 Å². The van der Waals surface area contributed by atoms with Crippen LogP contribution in [-0.4, -0.2) is 0 Å². The Morgan fingerprint density at radius 1 is 0.941 bits per heavy atom. The highest BCUT2D eigenvalue weighted by molar-refractivity contribution is 9.08. The second kappa shape index (κ2) is 4.68. The number of benzene rings is 1. The highest BCUT2D eigenvalue weighted by Gasteiger charge is 2.39. The third kappa shape index (κ3) is 3.07. The van der Waals surface area contributed by atoms with Crippen molar-refractivity contribution in [2.24, 2.45) is 0 Å². The van der Waals surface area contributed by atoms with Crippen LogP contribution >= 0.6 is 27.5 Å². The molecule has 1 aromatic carbocycles. The fraction of sp³-hybridized carbons (Fsp3) is 0.333. The summed E-state index contributed by atoms with van der Waals surface area (Å²) in [5.41, 5.74) is -3.07. The zero-order valence-corrected chi connectivity index (χ0v) is 10.2. The first kappa shape index (κ1) is 14.6. The van der Waals surface area contributed by atoms with Crippen LogP contribution in [-0.2, 0) is 17.7 Å². The maximum absolute atomic E-state index is 12.5. The molecule has 0 atom stereocenters. The largest absolute Gasteiger partial charge is 0.417 e. The molecule has 0 nitrogen and oxygen atoms in total. The van der Waals surface area contributed by atoms with Crippen molar-refractivity contribution in [1.82, 2.24) is 0 Å². The van der Waals surface area contributed by atoms with Crippen LogP contribution in [0.5, 0.6) is 0 Å². The third-order valence-corrected chi connectivity index (χ3v) is 2.98. The Bertz CT molecular complexity index is 423. The predicted molar refractivity (Wildman–Crippen MR) is 54.1 cm³/mol. The topological polar surface area (TPSA) is 0 Å². The second-order valence-electron chi connectivity index (χ2n) is 3.08. The van der Waals surface area contributed by atoms with Crippen LogP contribution in [0.25, 0.3) is 0 Å². The van der Waals surface area contributed by atoms with Crippen molar-refractivity contribution in [3.8, 4) is 0 Å². The smallest absolute Gasteiger partial charge is 0.166 e. The summed E-state index contributed by atoms with van der Waals surface area (Å²) in [6.45, 7) is 0. The molecule has 1 rings (SSSR count). The molecule has 0 bridgehead atoms. The van der Waals surface area contributed by atoms with Gasteiger partial charge in [0.2, 0.25) is 0 Å². The van der Waals surface area contributed by atoms with E-state index in [9.17, 15) is 26.3 Å². The average molecular weight is 341 g/mol. The van der Waals surface area contributed by atoms with Crippen LogP contribution in [0.4, 0.5) is 26.3 Å². The molecular formula is C9H4BrClF6. The van der Waals surface area contributed by atoms with Gasteiger partial charge >= 0.3 is 12.4 Å². The molecule has 0 fully saturated rings. The van der Waals surface area contributed by atoms with Gasteiger partial charge in [0.15, 0.2) is 0 Å². The van der Waals surface area contributed by atoms with E-state index in [0.717, 1.165) is 0 Å². The first-order valence-corrected chi connectivity index (χ1v) is 5.60. The summed E-state index contributed by atoms with van der Waals surface area (Å²) in [4.78, 5) is 0. The molecule has 0 radical (unpaired) electrons. The quantitative estimate of drug-likeness (QED) is 0.482. The minimum Gasteiger partial charge on any atom is -0.166 e. The summed E-state index contributed by atoms with van der Waals surface area (Å²) in [7, 11) is 0. The standard InChI is InChI=1S/C9H4BrClF6/c10-3-4-5(8(12,13)14)1-2-6(7(4)11)9(15,16)17/h1-2H,3H2. The molecule has 0 heterocycles. The molecule has 0 aliphatic carbocycles. The Balaban J connectivity index is 3.49. The Hall–Kier alpha value is -0.430. The van der Waals surface area contributed by atoms with E-state index in [2.05, 4.69) is 15.9 Å². The first-order valence-electron chi connectivity index (χ1n) is 4.10. The molecule has 96 valence electrons. The van der Waals surface area contributed by atoms with E-state index in [-0.39, 0.29) is 0 Å². The van der Waals surface area contributed by atoms with E-state index in [1.54, 1.807) is 0 Å². The minimum absolute atomic E-state index is 0.331. The van der Waals surface area contributed by atoms with Crippen LogP contribution in [0.3, 0.4) is 0 Å². The molecular weight excluding hydrogens is 337 g/mol. The van der Waals surface area contributed by atoms with Crippen molar-refractivity contribution in [3.63, 3.8) is 0 Å². The maximum atomic E-state index is 12.5. The summed E-state index contributed by atoms with van der Waals surface area (Å²) in [6, 6.07) is 0.711. The Labute approximate surface area is 106 Å². The zero-order chi connectivity index (χ0) is 13.4. The highest BCUT2D eigenvalue weighted by atomic mass is 79.9. The van der Waals surface area contributed by atoms with Crippen LogP contribution in [0, 0.1) is 0 Å². The number of halogens is 8. The number of alkyl halides is 7. The molecule has 0 N–H and O–H groups in total. The molecule has 1 aromatic rings. The molecule has 0 aliphatic heterocycles. The Morgan fingerprint density at radius 2 is 1.35 bits per heavy atom. The Kier molecular flexibility index (Phi) is 4.03. The van der Waals surface area contributed by atoms with Gasteiger partial charge in [0.1, 0.15) is 0 Å². The molecule has 0 aliphatic rings. The number of hydrogen-bond donors (Lipinski definition) is 0. The summed E-state index contributed by atoms with van der Waals surface area (Å²) in [5.74, 6) is 0. The minimum atomic E-state index is -4.78. The highest BCUT2D eigenvalue weighted by Crippen LogP contribution is 2.42. The van der Waals surface area contributed by atoms with E-state index in [1.807, 2.05) is 0 Å². The van der Waals surface area contributed by atoms with Gasteiger partial charge in [-0.2, -0.15) is 26.3 Å². The van der Waals surface area contributed by atoms with E-state index < -0.39 is 39.4 Å². The fourth-order valence-electron chi connectivity index (χ4n) is 1.24. The van der Waals surface area contributed by atoms with Gasteiger partial charge in [0.05, 0.1) is 16.1 Å². The van der Waals surface area contributed by atoms with Crippen molar-refractivity contribution in [2.75, 3.05) is 0 Å². The number of hydrogen-bond acceptors (Lipinski definition) is 0. The van der Waals surface area contributed by atoms with Gasteiger partial charge in [0.25, 0.3) is 0 Å². The average Bonchev–Trinajstić information content (AvgIpc) is 2.13. The fourth-order valence-corrected chi connectivity index (χ4v) is 2.32. The summed E-state index contributed by atoms with van der Waals surface area (Å²) < 4.78 is 74.7. The SMILES string of the molecule is FC(F)(F)c1ccc(C(F)(F)F)c(CBr)c1Cl. The van der Waals surface area contributed by atoms with Crippen LogP contribution < -0.4 is 0 Å². The van der Waals surface area contributed by atoms with Crippen molar-refractivity contribution >= 4 is 27.5 Å². The third-order valence-electron chi connectivity index (χ3n) is 1.99. The zero-order valence-electron chi connectivity index (χ0n) is 7.89. The molecule has 0 unspecified atom stereocenters. The van der Waals surface area contributed by atoms with Gasteiger partial charge in [-0.15, -0.1) is 0 Å². The van der Waals surface area contributed by atoms with Crippen molar-refractivity contribution in [1.29, 1.82) is 0 Å². The van der Waals surface area contributed by atoms with Crippen molar-refractivity contribution in [2.45, 2.75) is 17.7 Å². The molecule has 0 saturated heterocycles. The van der Waals surface area contributed by atoms with Gasteiger partial charge in [-0.3, -0.25) is 0 Å². The lowest BCUT2D eigenvalue weighted by Crippen LogP contribution is -2.13. The van der Waals surface area contributed by atoms with Crippen molar-refractivity contribution in [3.05, 3.63) is 33.8 Å². The van der Waals surface area contributed by atoms with Crippen LogP contribution in [0.15, 0.2) is 12.1 Å². The van der Waals surface area contributed by atoms with Crippen LogP contribution in [0.1, 0.15) is 16.7 Å². The molecule has 17 heavy (non-hydrogen) atoms. The van der Waals surface area contributed by atoms with Gasteiger partial charge < -0.3 is 0 Å². The van der Waals surface area contributed by atoms with Gasteiger partial charge in [-0.05, 0) is 17.7 Å². The second-order valence-corrected chi connectivity index (χ2v) is 4.02. The van der Waals surface area contributed by atoms with E-state index in [0.29, 0.717) is 12.1 Å². The van der Waals surface area contributed by atoms with E-state index >= 15 is 0 Å². The first-order chi connectivity index (χ1) is 7.59. The van der Waals surface area contributed by atoms with Gasteiger partial charge in [-0.25, -0.2) is 0 Å². The lowest BCUT2D eigenvalue weighted by Gasteiger charge is -2.16. The summed E-state index contributed by atoms with van der Waals surface area (Å²) in [6.07, 6.45) is -9.52. The molecule has 0 aromatic heterocycles. The predicted octanol–water partition coefficient (Wildman–Crippen LogP) is 5.27. The van der Waals surface area contributed by atoms with Crippen LogP contribution in [0.2, 0.25) is 5.02 Å². The van der Waals surface area contributed by atoms with E-state index in [4.69, 9.17) is 11.6 Å². The molecule has 0 spiro atoms. The summed E-state index contributed by atoms with van der Waals surface area (Å²) >= 11 is 8.06. The van der Waals surface area contributed by atoms with Gasteiger partial charge in [-0.1, -0.05) is 27.5 Å². The van der Waals surface area contributed by atoms with Crippen molar-refractivity contribution < 1.29 is 26.3 Å².